The van der Waals surface area contributed by atoms with Crippen molar-refractivity contribution >= 4 is 17.5 Å². The van der Waals surface area contributed by atoms with Crippen LogP contribution in [0.1, 0.15) is 77.9 Å². The van der Waals surface area contributed by atoms with Crippen LogP contribution in [0.2, 0.25) is 0 Å². The van der Waals surface area contributed by atoms with Crippen molar-refractivity contribution in [2.75, 3.05) is 25.0 Å². The van der Waals surface area contributed by atoms with Crippen LogP contribution in [0.5, 0.6) is 0 Å². The summed E-state index contributed by atoms with van der Waals surface area (Å²) < 4.78 is 5.66. The highest BCUT2D eigenvalue weighted by atomic mass is 16.3. The normalized spacial score (nSPS) is 17.2. The first-order valence-electron chi connectivity index (χ1n) is 11.0. The standard InChI is InChI=1S/C23H30N4O3/c1-15(2)19(22-25-18(14-30-22)23(29)27-12-4-3-5-13-27)26-21(28)17-10-6-8-16-9-7-11-24-20(16)17/h6,8,10,14-15,19,24H,3-5,7,9,11-13H2,1-2H3,(H,26,28)/t19-/m1/s1. The number of para-hydroxylation sites is 1. The molecule has 1 fully saturated rings. The Morgan fingerprint density at radius 3 is 2.73 bits per heavy atom. The minimum absolute atomic E-state index is 0.0537. The van der Waals surface area contributed by atoms with Gasteiger partial charge in [0.2, 0.25) is 5.89 Å². The first kappa shape index (κ1) is 20.4. The lowest BCUT2D eigenvalue weighted by atomic mass is 9.98. The molecule has 160 valence electrons. The second-order valence-electron chi connectivity index (χ2n) is 8.49. The van der Waals surface area contributed by atoms with Gasteiger partial charge in [0.25, 0.3) is 11.8 Å². The molecule has 0 radical (unpaired) electrons. The van der Waals surface area contributed by atoms with E-state index in [0.717, 1.165) is 57.4 Å². The highest BCUT2D eigenvalue weighted by molar-refractivity contribution is 6.00. The Labute approximate surface area is 177 Å². The van der Waals surface area contributed by atoms with E-state index in [4.69, 9.17) is 4.42 Å². The van der Waals surface area contributed by atoms with E-state index in [1.807, 2.05) is 30.9 Å². The molecule has 2 aromatic rings. The third kappa shape index (κ3) is 4.20. The molecular weight excluding hydrogens is 380 g/mol. The van der Waals surface area contributed by atoms with Crippen LogP contribution < -0.4 is 10.6 Å². The van der Waals surface area contributed by atoms with Gasteiger partial charge in [0.1, 0.15) is 12.3 Å². The van der Waals surface area contributed by atoms with E-state index in [2.05, 4.69) is 21.7 Å². The number of piperidine rings is 1. The number of aromatic nitrogens is 1. The molecule has 4 rings (SSSR count). The van der Waals surface area contributed by atoms with Crippen molar-refractivity contribution < 1.29 is 14.0 Å². The third-order valence-electron chi connectivity index (χ3n) is 5.92. The van der Waals surface area contributed by atoms with Crippen LogP contribution in [0.4, 0.5) is 5.69 Å². The second kappa shape index (κ2) is 8.90. The number of likely N-dealkylation sites (tertiary alicyclic amines) is 1. The van der Waals surface area contributed by atoms with Gasteiger partial charge >= 0.3 is 0 Å². The third-order valence-corrected chi connectivity index (χ3v) is 5.92. The number of hydrogen-bond donors (Lipinski definition) is 2. The average molecular weight is 411 g/mol. The van der Waals surface area contributed by atoms with Crippen LogP contribution in [0.15, 0.2) is 28.9 Å². The molecule has 0 aliphatic carbocycles. The summed E-state index contributed by atoms with van der Waals surface area (Å²) in [4.78, 5) is 32.1. The largest absolute Gasteiger partial charge is 0.446 e. The summed E-state index contributed by atoms with van der Waals surface area (Å²) in [6.07, 6.45) is 6.66. The molecule has 1 aromatic heterocycles. The highest BCUT2D eigenvalue weighted by Crippen LogP contribution is 2.28. The second-order valence-corrected chi connectivity index (χ2v) is 8.49. The summed E-state index contributed by atoms with van der Waals surface area (Å²) in [6.45, 7) is 6.39. The van der Waals surface area contributed by atoms with E-state index in [9.17, 15) is 9.59 Å². The van der Waals surface area contributed by atoms with E-state index >= 15 is 0 Å². The van der Waals surface area contributed by atoms with Gasteiger partial charge in [-0.15, -0.1) is 0 Å². The van der Waals surface area contributed by atoms with E-state index in [-0.39, 0.29) is 17.7 Å². The van der Waals surface area contributed by atoms with E-state index in [0.29, 0.717) is 17.1 Å². The van der Waals surface area contributed by atoms with Crippen LogP contribution in [-0.2, 0) is 6.42 Å². The maximum absolute atomic E-state index is 13.1. The molecule has 30 heavy (non-hydrogen) atoms. The van der Waals surface area contributed by atoms with Gasteiger partial charge in [-0.1, -0.05) is 26.0 Å². The van der Waals surface area contributed by atoms with Gasteiger partial charge in [0.05, 0.1) is 11.3 Å². The molecular formula is C23H30N4O3. The van der Waals surface area contributed by atoms with Gasteiger partial charge < -0.3 is 20.0 Å². The number of carbonyl (C=O) groups is 2. The number of aryl methyl sites for hydroxylation is 1. The maximum Gasteiger partial charge on any atom is 0.275 e. The quantitative estimate of drug-likeness (QED) is 0.783. The van der Waals surface area contributed by atoms with E-state index in [1.165, 1.54) is 11.8 Å². The molecule has 1 saturated heterocycles. The van der Waals surface area contributed by atoms with Crippen molar-refractivity contribution in [1.29, 1.82) is 0 Å². The van der Waals surface area contributed by atoms with Crippen molar-refractivity contribution in [2.24, 2.45) is 5.92 Å². The Bertz CT molecular complexity index is 915. The Kier molecular flexibility index (Phi) is 6.06. The fourth-order valence-corrected chi connectivity index (χ4v) is 4.22. The van der Waals surface area contributed by atoms with Crippen LogP contribution in [0, 0.1) is 5.92 Å². The number of nitrogens with one attached hydrogen (secondary N) is 2. The van der Waals surface area contributed by atoms with Crippen molar-refractivity contribution in [3.05, 3.63) is 47.2 Å². The van der Waals surface area contributed by atoms with E-state index < -0.39 is 6.04 Å². The van der Waals surface area contributed by atoms with Gasteiger partial charge in [0, 0.05) is 19.6 Å². The summed E-state index contributed by atoms with van der Waals surface area (Å²) >= 11 is 0. The molecule has 0 spiro atoms. The minimum Gasteiger partial charge on any atom is -0.446 e. The predicted octanol–water partition coefficient (Wildman–Crippen LogP) is 3.79. The van der Waals surface area contributed by atoms with Gasteiger partial charge in [-0.2, -0.15) is 0 Å². The van der Waals surface area contributed by atoms with Crippen LogP contribution in [0.25, 0.3) is 0 Å². The van der Waals surface area contributed by atoms with Gasteiger partial charge in [0.15, 0.2) is 5.69 Å². The number of carbonyl (C=O) groups excluding carboxylic acids is 2. The molecule has 0 unspecified atom stereocenters. The summed E-state index contributed by atoms with van der Waals surface area (Å²) in [7, 11) is 0. The molecule has 1 aromatic carbocycles. The number of rotatable bonds is 5. The summed E-state index contributed by atoms with van der Waals surface area (Å²) in [5.74, 6) is 0.163. The minimum atomic E-state index is -0.417. The molecule has 7 nitrogen and oxygen atoms in total. The molecule has 3 heterocycles. The lowest BCUT2D eigenvalue weighted by Gasteiger charge is -2.25. The van der Waals surface area contributed by atoms with Crippen LogP contribution >= 0.6 is 0 Å². The number of hydrogen-bond acceptors (Lipinski definition) is 5. The van der Waals surface area contributed by atoms with Crippen molar-refractivity contribution in [3.8, 4) is 0 Å². The van der Waals surface area contributed by atoms with E-state index in [1.54, 1.807) is 0 Å². The van der Waals surface area contributed by atoms with Crippen molar-refractivity contribution in [2.45, 2.75) is 52.0 Å². The molecule has 0 saturated carbocycles. The Hall–Kier alpha value is -2.83. The Morgan fingerprint density at radius 2 is 1.97 bits per heavy atom. The molecule has 2 N–H and O–H groups in total. The zero-order valence-electron chi connectivity index (χ0n) is 17.7. The summed E-state index contributed by atoms with van der Waals surface area (Å²) in [5, 5.41) is 6.43. The number of oxazole rings is 1. The predicted molar refractivity (Wildman–Crippen MR) is 115 cm³/mol. The van der Waals surface area contributed by atoms with Gasteiger partial charge in [-0.05, 0) is 49.7 Å². The molecule has 7 heteroatoms. The SMILES string of the molecule is CC(C)[C@@H](NC(=O)c1cccc2c1NCCC2)c1nc(C(=O)N2CCCCC2)co1. The molecule has 2 aliphatic heterocycles. The number of nitrogens with zero attached hydrogens (tertiary/aromatic N) is 2. The molecule has 2 amide bonds. The number of benzene rings is 1. The lowest BCUT2D eigenvalue weighted by molar-refractivity contribution is 0.0718. The molecule has 0 bridgehead atoms. The lowest BCUT2D eigenvalue weighted by Crippen LogP contribution is -2.36. The summed E-state index contributed by atoms with van der Waals surface area (Å²) in [6, 6.07) is 5.40. The maximum atomic E-state index is 13.1. The first-order valence-corrected chi connectivity index (χ1v) is 11.0. The zero-order valence-corrected chi connectivity index (χ0v) is 17.7. The Morgan fingerprint density at radius 1 is 1.17 bits per heavy atom. The molecule has 1 atom stereocenters. The van der Waals surface area contributed by atoms with Crippen molar-refractivity contribution in [3.63, 3.8) is 0 Å². The molecule has 2 aliphatic rings. The number of anilines is 1. The van der Waals surface area contributed by atoms with Gasteiger partial charge in [-0.25, -0.2) is 4.98 Å². The number of amides is 2. The fraction of sp³-hybridized carbons (Fsp3) is 0.522. The monoisotopic (exact) mass is 410 g/mol. The van der Waals surface area contributed by atoms with Crippen LogP contribution in [-0.4, -0.2) is 41.3 Å². The highest BCUT2D eigenvalue weighted by Gasteiger charge is 2.28. The fourth-order valence-electron chi connectivity index (χ4n) is 4.22. The Balaban J connectivity index is 1.52. The number of fused-ring (bicyclic) bond motifs is 1. The topological polar surface area (TPSA) is 87.5 Å². The van der Waals surface area contributed by atoms with Crippen LogP contribution in [0.3, 0.4) is 0 Å². The first-order chi connectivity index (χ1) is 14.5. The average Bonchev–Trinajstić information content (AvgIpc) is 3.26. The smallest absolute Gasteiger partial charge is 0.275 e. The zero-order chi connectivity index (χ0) is 21.1. The van der Waals surface area contributed by atoms with Gasteiger partial charge in [-0.3, -0.25) is 9.59 Å². The van der Waals surface area contributed by atoms with Crippen molar-refractivity contribution in [1.82, 2.24) is 15.2 Å². The summed E-state index contributed by atoms with van der Waals surface area (Å²) in [5.41, 5.74) is 3.03.